The normalized spacial score (nSPS) is 44.5. The lowest BCUT2D eigenvalue weighted by Crippen LogP contribution is -2.57. The van der Waals surface area contributed by atoms with Gasteiger partial charge in [0.15, 0.2) is 0 Å². The van der Waals surface area contributed by atoms with Crippen molar-refractivity contribution in [1.82, 2.24) is 0 Å². The number of halogens is 1. The first-order valence-electron chi connectivity index (χ1n) is 13.4. The number of ketones is 1. The van der Waals surface area contributed by atoms with E-state index in [1.54, 1.807) is 0 Å². The lowest BCUT2D eigenvalue weighted by atomic mass is 9.44. The summed E-state index contributed by atoms with van der Waals surface area (Å²) in [6.07, 6.45) is 5.54. The Labute approximate surface area is 212 Å². The van der Waals surface area contributed by atoms with Crippen LogP contribution in [-0.2, 0) is 4.79 Å². The molecule has 4 fully saturated rings. The van der Waals surface area contributed by atoms with E-state index in [1.807, 2.05) is 24.3 Å². The lowest BCUT2D eigenvalue weighted by Gasteiger charge is -2.60. The van der Waals surface area contributed by atoms with E-state index in [0.717, 1.165) is 48.6 Å². The standard InChI is InChI=1S/C29H41BrO4/c1-16(26(33)27(34)17-4-6-18(30)7-5-17)21-8-9-22-20-15-25(32)24-14-19(31)10-12-29(24,3)23(20)11-13-28(21,22)2/h4-7,16,19-24,26-27,31,33-34H,8-15H2,1-3H3/t16-,19+,20-,21+,22-,23-,24+,26-,27-,28+,29+/m0/s1. The molecule has 1 aromatic rings. The van der Waals surface area contributed by atoms with Gasteiger partial charge in [-0.15, -0.1) is 0 Å². The van der Waals surface area contributed by atoms with Gasteiger partial charge < -0.3 is 15.3 Å². The summed E-state index contributed by atoms with van der Waals surface area (Å²) in [5.41, 5.74) is 0.877. The number of hydrogen-bond acceptors (Lipinski definition) is 4. The molecule has 34 heavy (non-hydrogen) atoms. The summed E-state index contributed by atoms with van der Waals surface area (Å²) < 4.78 is 0.958. The third-order valence-electron chi connectivity index (χ3n) is 11.2. The van der Waals surface area contributed by atoms with Crippen molar-refractivity contribution in [2.24, 2.45) is 46.3 Å². The van der Waals surface area contributed by atoms with Gasteiger partial charge >= 0.3 is 0 Å². The maximum Gasteiger partial charge on any atom is 0.136 e. The van der Waals surface area contributed by atoms with E-state index in [-0.39, 0.29) is 28.8 Å². The summed E-state index contributed by atoms with van der Waals surface area (Å²) in [5.74, 6) is 2.23. The fraction of sp³-hybridized carbons (Fsp3) is 0.759. The molecule has 0 aromatic heterocycles. The van der Waals surface area contributed by atoms with E-state index in [4.69, 9.17) is 0 Å². The molecule has 0 heterocycles. The van der Waals surface area contributed by atoms with Crippen molar-refractivity contribution in [1.29, 1.82) is 0 Å². The molecule has 0 amide bonds. The molecule has 0 radical (unpaired) electrons. The van der Waals surface area contributed by atoms with E-state index in [2.05, 4.69) is 36.7 Å². The molecule has 0 saturated heterocycles. The maximum atomic E-state index is 13.3. The van der Waals surface area contributed by atoms with Crippen LogP contribution in [0, 0.1) is 46.3 Å². The first-order chi connectivity index (χ1) is 16.1. The highest BCUT2D eigenvalue weighted by Gasteiger charge is 2.62. The predicted molar refractivity (Wildman–Crippen MR) is 136 cm³/mol. The molecule has 5 rings (SSSR count). The van der Waals surface area contributed by atoms with Crippen LogP contribution >= 0.6 is 15.9 Å². The van der Waals surface area contributed by atoms with Crippen LogP contribution in [0.3, 0.4) is 0 Å². The molecule has 0 spiro atoms. The van der Waals surface area contributed by atoms with Crippen LogP contribution in [0.1, 0.15) is 83.8 Å². The van der Waals surface area contributed by atoms with Crippen molar-refractivity contribution >= 4 is 21.7 Å². The monoisotopic (exact) mass is 532 g/mol. The zero-order valence-corrected chi connectivity index (χ0v) is 22.4. The van der Waals surface area contributed by atoms with Gasteiger partial charge in [0, 0.05) is 16.8 Å². The lowest BCUT2D eigenvalue weighted by molar-refractivity contribution is -0.161. The van der Waals surface area contributed by atoms with Gasteiger partial charge in [-0.3, -0.25) is 4.79 Å². The minimum absolute atomic E-state index is 0.0161. The van der Waals surface area contributed by atoms with Crippen molar-refractivity contribution in [3.05, 3.63) is 34.3 Å². The Morgan fingerprint density at radius 2 is 1.62 bits per heavy atom. The summed E-state index contributed by atoms with van der Waals surface area (Å²) in [6, 6.07) is 7.56. The molecule has 0 bridgehead atoms. The number of hydrogen-bond donors (Lipinski definition) is 3. The molecule has 4 nitrogen and oxygen atoms in total. The summed E-state index contributed by atoms with van der Waals surface area (Å²) >= 11 is 3.44. The minimum Gasteiger partial charge on any atom is -0.393 e. The quantitative estimate of drug-likeness (QED) is 0.466. The smallest absolute Gasteiger partial charge is 0.136 e. The zero-order valence-electron chi connectivity index (χ0n) is 20.8. The highest BCUT2D eigenvalue weighted by molar-refractivity contribution is 9.10. The van der Waals surface area contributed by atoms with Gasteiger partial charge in [0.1, 0.15) is 11.9 Å². The minimum atomic E-state index is -0.897. The summed E-state index contributed by atoms with van der Waals surface area (Å²) in [7, 11) is 0. The number of carbonyl (C=O) groups is 1. The van der Waals surface area contributed by atoms with E-state index < -0.39 is 12.2 Å². The van der Waals surface area contributed by atoms with Gasteiger partial charge in [-0.1, -0.05) is 48.8 Å². The number of carbonyl (C=O) groups excluding carboxylic acids is 1. The van der Waals surface area contributed by atoms with Crippen LogP contribution < -0.4 is 0 Å². The average Bonchev–Trinajstić information content (AvgIpc) is 3.17. The molecule has 188 valence electrons. The molecule has 0 aliphatic heterocycles. The molecule has 3 N–H and O–H groups in total. The first kappa shape index (κ1) is 24.9. The van der Waals surface area contributed by atoms with Crippen LogP contribution in [0.2, 0.25) is 0 Å². The number of rotatable bonds is 4. The number of aliphatic hydroxyl groups is 3. The molecular weight excluding hydrogens is 492 g/mol. The number of Topliss-reactive ketones (excluding diaryl/α,β-unsaturated/α-hetero) is 1. The Hall–Kier alpha value is -0.750. The van der Waals surface area contributed by atoms with Crippen LogP contribution in [0.25, 0.3) is 0 Å². The fourth-order valence-electron chi connectivity index (χ4n) is 9.31. The van der Waals surface area contributed by atoms with Gasteiger partial charge in [0.2, 0.25) is 0 Å². The van der Waals surface area contributed by atoms with E-state index in [0.29, 0.717) is 42.3 Å². The topological polar surface area (TPSA) is 77.8 Å². The molecule has 0 unspecified atom stereocenters. The van der Waals surface area contributed by atoms with Gasteiger partial charge in [-0.2, -0.15) is 0 Å². The molecule has 4 saturated carbocycles. The molecule has 5 heteroatoms. The van der Waals surface area contributed by atoms with E-state index in [1.165, 1.54) is 0 Å². The number of benzene rings is 1. The molecule has 1 aromatic carbocycles. The highest BCUT2D eigenvalue weighted by atomic mass is 79.9. The fourth-order valence-corrected chi connectivity index (χ4v) is 9.57. The Morgan fingerprint density at radius 3 is 2.32 bits per heavy atom. The second-order valence-electron chi connectivity index (χ2n) is 12.6. The van der Waals surface area contributed by atoms with Crippen LogP contribution in [0.15, 0.2) is 28.7 Å². The van der Waals surface area contributed by atoms with Gasteiger partial charge in [0.25, 0.3) is 0 Å². The SMILES string of the molecule is C[C@H]([C@H](O)[C@@H](O)c1ccc(Br)cc1)[C@H]1CC[C@H]2[C@@H]3CC(=O)[C@H]4C[C@H](O)CC[C@]4(C)[C@H]3CC[C@]12C. The van der Waals surface area contributed by atoms with Crippen molar-refractivity contribution in [2.75, 3.05) is 0 Å². The van der Waals surface area contributed by atoms with Gasteiger partial charge in [-0.25, -0.2) is 0 Å². The van der Waals surface area contributed by atoms with Crippen molar-refractivity contribution < 1.29 is 20.1 Å². The molecule has 4 aliphatic rings. The Morgan fingerprint density at radius 1 is 0.971 bits per heavy atom. The predicted octanol–water partition coefficient (Wildman–Crippen LogP) is 5.68. The molecule has 4 aliphatic carbocycles. The average molecular weight is 534 g/mol. The Balaban J connectivity index is 1.36. The number of fused-ring (bicyclic) bond motifs is 5. The summed E-state index contributed by atoms with van der Waals surface area (Å²) in [6.45, 7) is 6.86. The first-order valence-corrected chi connectivity index (χ1v) is 14.2. The largest absolute Gasteiger partial charge is 0.393 e. The second-order valence-corrected chi connectivity index (χ2v) is 13.5. The van der Waals surface area contributed by atoms with Crippen molar-refractivity contribution in [2.45, 2.75) is 90.4 Å². The second kappa shape index (κ2) is 8.97. The van der Waals surface area contributed by atoms with Crippen molar-refractivity contribution in [3.63, 3.8) is 0 Å². The third kappa shape index (κ3) is 3.84. The van der Waals surface area contributed by atoms with E-state index >= 15 is 0 Å². The summed E-state index contributed by atoms with van der Waals surface area (Å²) in [5, 5.41) is 32.5. The maximum absolute atomic E-state index is 13.3. The Kier molecular flexibility index (Phi) is 6.58. The van der Waals surface area contributed by atoms with E-state index in [9.17, 15) is 20.1 Å². The summed E-state index contributed by atoms with van der Waals surface area (Å²) in [4.78, 5) is 13.3. The van der Waals surface area contributed by atoms with Crippen LogP contribution in [-0.4, -0.2) is 33.3 Å². The van der Waals surface area contributed by atoms with Crippen LogP contribution in [0.5, 0.6) is 0 Å². The molecule has 11 atom stereocenters. The third-order valence-corrected chi connectivity index (χ3v) is 11.7. The Bertz CT molecular complexity index is 917. The van der Waals surface area contributed by atoms with Crippen molar-refractivity contribution in [3.8, 4) is 0 Å². The zero-order chi connectivity index (χ0) is 24.4. The van der Waals surface area contributed by atoms with Gasteiger partial charge in [-0.05, 0) is 103 Å². The van der Waals surface area contributed by atoms with Gasteiger partial charge in [0.05, 0.1) is 12.2 Å². The number of aliphatic hydroxyl groups excluding tert-OH is 3. The highest BCUT2D eigenvalue weighted by Crippen LogP contribution is 2.68. The van der Waals surface area contributed by atoms with Crippen LogP contribution in [0.4, 0.5) is 0 Å². The molecular formula is C29H41BrO4.